The molecule has 13 heteroatoms. The van der Waals surface area contributed by atoms with Crippen molar-refractivity contribution in [3.63, 3.8) is 0 Å². The van der Waals surface area contributed by atoms with Crippen molar-refractivity contribution in [2.24, 2.45) is 0 Å². The van der Waals surface area contributed by atoms with E-state index in [1.54, 1.807) is 30.7 Å². The maximum absolute atomic E-state index is 14.9. The fraction of sp³-hybridized carbons (Fsp3) is 0.250. The quantitative estimate of drug-likeness (QED) is 0.277. The molecule has 4 heterocycles. The number of anilines is 2. The number of fused-ring (bicyclic) bond motifs is 1. The zero-order valence-corrected chi connectivity index (χ0v) is 22.8. The Morgan fingerprint density at radius 2 is 1.73 bits per heavy atom. The molecule has 1 fully saturated rings. The fourth-order valence-electron chi connectivity index (χ4n) is 5.07. The molecule has 0 amide bonds. The summed E-state index contributed by atoms with van der Waals surface area (Å²) in [5.41, 5.74) is 1.11. The topological polar surface area (TPSA) is 128 Å². The minimum absolute atomic E-state index is 0.00890. The number of benzene rings is 1. The largest absolute Gasteiger partial charge is 0.366 e. The Balaban J connectivity index is 1.33. The second kappa shape index (κ2) is 10.8. The van der Waals surface area contributed by atoms with Crippen LogP contribution in [0.5, 0.6) is 0 Å². The first kappa shape index (κ1) is 26.7. The van der Waals surface area contributed by atoms with Gasteiger partial charge in [0, 0.05) is 41.6 Å². The van der Waals surface area contributed by atoms with E-state index in [1.165, 1.54) is 24.4 Å². The van der Waals surface area contributed by atoms with E-state index in [4.69, 9.17) is 0 Å². The number of hydrogen-bond acceptors (Lipinski definition) is 9. The second-order valence-corrected chi connectivity index (χ2v) is 11.8. The van der Waals surface area contributed by atoms with Crippen molar-refractivity contribution in [3.05, 3.63) is 84.7 Å². The van der Waals surface area contributed by atoms with E-state index >= 15 is 0 Å². The molecule has 10 nitrogen and oxygen atoms in total. The number of pyridine rings is 1. The predicted molar refractivity (Wildman–Crippen MR) is 150 cm³/mol. The van der Waals surface area contributed by atoms with Gasteiger partial charge in [-0.2, -0.15) is 0 Å². The molecule has 4 aromatic heterocycles. The number of nitrogens with zero attached hydrogens (tertiary/aromatic N) is 6. The Bertz CT molecular complexity index is 1810. The molecule has 41 heavy (non-hydrogen) atoms. The summed E-state index contributed by atoms with van der Waals surface area (Å²) in [4.78, 5) is 21.0. The fourth-order valence-corrected chi connectivity index (χ4v) is 6.39. The molecule has 0 spiro atoms. The van der Waals surface area contributed by atoms with E-state index in [-0.39, 0.29) is 45.2 Å². The van der Waals surface area contributed by atoms with E-state index < -0.39 is 21.7 Å². The van der Waals surface area contributed by atoms with E-state index in [1.807, 2.05) is 6.92 Å². The SMILES string of the molecule is Cc1ccc(S(=O)(=O)n2cc(-c3ncc(F)c(NC4CCCC(Nc5cnccn5)C4)n3)c3cc(F)cnc32)cc1. The summed E-state index contributed by atoms with van der Waals surface area (Å²) >= 11 is 0. The van der Waals surface area contributed by atoms with Gasteiger partial charge >= 0.3 is 0 Å². The Hall–Kier alpha value is -4.52. The first-order valence-electron chi connectivity index (χ1n) is 13.1. The lowest BCUT2D eigenvalue weighted by molar-refractivity contribution is 0.424. The van der Waals surface area contributed by atoms with E-state index in [9.17, 15) is 17.2 Å². The molecule has 0 saturated heterocycles. The molecule has 6 rings (SSSR count). The smallest absolute Gasteiger partial charge is 0.269 e. The van der Waals surface area contributed by atoms with Crippen molar-refractivity contribution in [2.75, 3.05) is 10.6 Å². The molecule has 0 aliphatic heterocycles. The van der Waals surface area contributed by atoms with Crippen LogP contribution in [0, 0.1) is 18.6 Å². The van der Waals surface area contributed by atoms with Crippen LogP contribution in [-0.4, -0.2) is 49.4 Å². The van der Waals surface area contributed by atoms with Gasteiger partial charge in [-0.15, -0.1) is 0 Å². The van der Waals surface area contributed by atoms with Crippen LogP contribution >= 0.6 is 0 Å². The van der Waals surface area contributed by atoms with Crippen molar-refractivity contribution < 1.29 is 17.2 Å². The normalized spacial score (nSPS) is 17.4. The number of aryl methyl sites for hydroxylation is 1. The van der Waals surface area contributed by atoms with E-state index in [2.05, 4.69) is 35.6 Å². The second-order valence-electron chi connectivity index (χ2n) is 10.0. The zero-order valence-electron chi connectivity index (χ0n) is 22.0. The molecule has 1 aromatic carbocycles. The van der Waals surface area contributed by atoms with Gasteiger partial charge in [-0.3, -0.25) is 4.98 Å². The summed E-state index contributed by atoms with van der Waals surface area (Å²) < 4.78 is 57.3. The van der Waals surface area contributed by atoms with Crippen LogP contribution < -0.4 is 10.6 Å². The third-order valence-corrected chi connectivity index (χ3v) is 8.74. The number of halogens is 2. The van der Waals surface area contributed by atoms with Crippen molar-refractivity contribution in [1.82, 2.24) is 28.9 Å². The Morgan fingerprint density at radius 1 is 0.951 bits per heavy atom. The Labute approximate surface area is 235 Å². The average Bonchev–Trinajstić information content (AvgIpc) is 3.35. The van der Waals surface area contributed by atoms with Gasteiger partial charge in [0.2, 0.25) is 0 Å². The third-order valence-electron chi connectivity index (χ3n) is 7.07. The van der Waals surface area contributed by atoms with Crippen LogP contribution in [-0.2, 0) is 10.0 Å². The lowest BCUT2D eigenvalue weighted by atomic mass is 9.91. The molecule has 2 atom stereocenters. The van der Waals surface area contributed by atoms with Crippen LogP contribution in [0.1, 0.15) is 31.2 Å². The molecule has 0 bridgehead atoms. The van der Waals surface area contributed by atoms with Gasteiger partial charge < -0.3 is 10.6 Å². The summed E-state index contributed by atoms with van der Waals surface area (Å²) in [6.45, 7) is 1.85. The molecule has 1 aliphatic rings. The number of rotatable bonds is 7. The predicted octanol–water partition coefficient (Wildman–Crippen LogP) is 4.94. The first-order valence-corrected chi connectivity index (χ1v) is 14.5. The zero-order chi connectivity index (χ0) is 28.6. The van der Waals surface area contributed by atoms with Gasteiger partial charge in [-0.05, 0) is 50.8 Å². The summed E-state index contributed by atoms with van der Waals surface area (Å²) in [5, 5.41) is 6.74. The third kappa shape index (κ3) is 5.44. The summed E-state index contributed by atoms with van der Waals surface area (Å²) in [5.74, 6) is -0.626. The number of aromatic nitrogens is 6. The highest BCUT2D eigenvalue weighted by molar-refractivity contribution is 7.90. The minimum atomic E-state index is -4.09. The molecular formula is C28H26F2N8O2S. The molecule has 5 aromatic rings. The Morgan fingerprint density at radius 3 is 2.49 bits per heavy atom. The molecule has 2 unspecified atom stereocenters. The van der Waals surface area contributed by atoms with Crippen molar-refractivity contribution in [1.29, 1.82) is 0 Å². The average molecular weight is 577 g/mol. The molecular weight excluding hydrogens is 550 g/mol. The van der Waals surface area contributed by atoms with Gasteiger partial charge in [0.05, 0.1) is 23.5 Å². The highest BCUT2D eigenvalue weighted by Crippen LogP contribution is 2.32. The molecule has 0 radical (unpaired) electrons. The molecule has 1 saturated carbocycles. The number of hydrogen-bond donors (Lipinski definition) is 2. The molecule has 210 valence electrons. The monoisotopic (exact) mass is 576 g/mol. The summed E-state index contributed by atoms with van der Waals surface area (Å²) in [7, 11) is -4.09. The molecule has 2 N–H and O–H groups in total. The lowest BCUT2D eigenvalue weighted by Crippen LogP contribution is -2.35. The van der Waals surface area contributed by atoms with Gasteiger partial charge in [0.25, 0.3) is 10.0 Å². The van der Waals surface area contributed by atoms with Crippen molar-refractivity contribution in [3.8, 4) is 11.4 Å². The minimum Gasteiger partial charge on any atom is -0.366 e. The maximum atomic E-state index is 14.9. The van der Waals surface area contributed by atoms with Crippen molar-refractivity contribution >= 4 is 32.7 Å². The standard InChI is InChI=1S/C28H26F2N8O2S/c1-17-5-7-21(8-6-17)41(39,40)38-16-23(22-11-18(29)13-34-28(22)38)26-33-14-24(30)27(37-26)36-20-4-2-3-19(12-20)35-25-15-31-9-10-32-25/h5-11,13-16,19-20H,2-4,12H2,1H3,(H,32,35)(H,33,36,37). The highest BCUT2D eigenvalue weighted by Gasteiger charge is 2.26. The van der Waals surface area contributed by atoms with Gasteiger partial charge in [-0.1, -0.05) is 17.7 Å². The summed E-state index contributed by atoms with van der Waals surface area (Å²) in [6.07, 6.45) is 11.5. The summed E-state index contributed by atoms with van der Waals surface area (Å²) in [6, 6.07) is 7.55. The van der Waals surface area contributed by atoms with Crippen LogP contribution in [0.2, 0.25) is 0 Å². The number of nitrogens with one attached hydrogen (secondary N) is 2. The lowest BCUT2D eigenvalue weighted by Gasteiger charge is -2.31. The maximum Gasteiger partial charge on any atom is 0.269 e. The van der Waals surface area contributed by atoms with Gasteiger partial charge in [0.1, 0.15) is 11.6 Å². The van der Waals surface area contributed by atoms with E-state index in [0.29, 0.717) is 12.2 Å². The van der Waals surface area contributed by atoms with Crippen molar-refractivity contribution in [2.45, 2.75) is 49.6 Å². The van der Waals surface area contributed by atoms with Gasteiger partial charge in [-0.25, -0.2) is 41.1 Å². The van der Waals surface area contributed by atoms with Gasteiger partial charge in [0.15, 0.2) is 23.1 Å². The van der Waals surface area contributed by atoms with Crippen LogP contribution in [0.15, 0.2) is 72.4 Å². The Kier molecular flexibility index (Phi) is 7.03. The van der Waals surface area contributed by atoms with Crippen LogP contribution in [0.3, 0.4) is 0 Å². The first-order chi connectivity index (χ1) is 19.8. The highest BCUT2D eigenvalue weighted by atomic mass is 32.2. The van der Waals surface area contributed by atoms with E-state index in [0.717, 1.165) is 41.2 Å². The van der Waals surface area contributed by atoms with Crippen LogP contribution in [0.25, 0.3) is 22.4 Å². The molecule has 1 aliphatic carbocycles. The van der Waals surface area contributed by atoms with Crippen LogP contribution in [0.4, 0.5) is 20.4 Å².